The number of carbonyl (C=O) groups excluding carboxylic acids is 1. The number of ether oxygens (including phenoxy) is 3. The van der Waals surface area contributed by atoms with Crippen LogP contribution >= 0.6 is 12.4 Å². The largest absolute Gasteiger partial charge is 0.381 e. The molecule has 24 heavy (non-hydrogen) atoms. The minimum atomic E-state index is -0.838. The second kappa shape index (κ2) is 9.34. The molecule has 0 aromatic heterocycles. The molecule has 1 saturated heterocycles. The van der Waals surface area contributed by atoms with Gasteiger partial charge in [-0.2, -0.15) is 0 Å². The zero-order chi connectivity index (χ0) is 16.9. The molecule has 2 rings (SSSR count). The summed E-state index contributed by atoms with van der Waals surface area (Å²) in [7, 11) is 0. The van der Waals surface area contributed by atoms with Crippen molar-refractivity contribution in [3.63, 3.8) is 0 Å². The van der Waals surface area contributed by atoms with Crippen molar-refractivity contribution >= 4 is 18.3 Å². The summed E-state index contributed by atoms with van der Waals surface area (Å²) in [5.41, 5.74) is 5.15. The number of halogens is 1. The fourth-order valence-corrected chi connectivity index (χ4v) is 3.32. The molecule has 2 aliphatic rings. The number of hydrogen-bond acceptors (Lipinski definition) is 5. The van der Waals surface area contributed by atoms with Crippen LogP contribution in [0.1, 0.15) is 40.0 Å². The van der Waals surface area contributed by atoms with Crippen LogP contribution in [0.5, 0.6) is 0 Å². The summed E-state index contributed by atoms with van der Waals surface area (Å²) < 4.78 is 16.6. The van der Waals surface area contributed by atoms with Gasteiger partial charge < -0.3 is 25.3 Å². The lowest BCUT2D eigenvalue weighted by atomic mass is 9.54. The Hall–Kier alpha value is -0.400. The van der Waals surface area contributed by atoms with Crippen LogP contribution in [-0.4, -0.2) is 57.1 Å². The van der Waals surface area contributed by atoms with Crippen LogP contribution in [0.25, 0.3) is 0 Å². The van der Waals surface area contributed by atoms with E-state index >= 15 is 0 Å². The SMILES string of the molecule is CCOC1CC(N)(C(=O)NCCCOCC2CCOC2)C1(C)C.Cl. The topological polar surface area (TPSA) is 82.8 Å². The van der Waals surface area contributed by atoms with Crippen molar-refractivity contribution in [2.75, 3.05) is 39.6 Å². The van der Waals surface area contributed by atoms with E-state index in [9.17, 15) is 4.79 Å². The first-order valence-electron chi connectivity index (χ1n) is 8.76. The van der Waals surface area contributed by atoms with Crippen LogP contribution < -0.4 is 11.1 Å². The maximum atomic E-state index is 12.4. The molecule has 0 bridgehead atoms. The minimum Gasteiger partial charge on any atom is -0.381 e. The quantitative estimate of drug-likeness (QED) is 0.606. The molecule has 0 spiro atoms. The number of rotatable bonds is 9. The third-order valence-corrected chi connectivity index (χ3v) is 5.36. The summed E-state index contributed by atoms with van der Waals surface area (Å²) in [5.74, 6) is 0.450. The van der Waals surface area contributed by atoms with Gasteiger partial charge in [0, 0.05) is 44.1 Å². The van der Waals surface area contributed by atoms with Gasteiger partial charge in [-0.05, 0) is 19.8 Å². The van der Waals surface area contributed by atoms with Gasteiger partial charge in [0.15, 0.2) is 0 Å². The molecular weight excluding hydrogens is 332 g/mol. The molecule has 1 saturated carbocycles. The summed E-state index contributed by atoms with van der Waals surface area (Å²) in [4.78, 5) is 12.4. The van der Waals surface area contributed by atoms with E-state index in [1.165, 1.54) is 0 Å². The summed E-state index contributed by atoms with van der Waals surface area (Å²) in [6, 6.07) is 0. The van der Waals surface area contributed by atoms with E-state index in [0.717, 1.165) is 32.7 Å². The van der Waals surface area contributed by atoms with Gasteiger partial charge in [0.1, 0.15) is 5.54 Å². The van der Waals surface area contributed by atoms with Crippen molar-refractivity contribution in [3.05, 3.63) is 0 Å². The molecule has 0 aromatic carbocycles. The lowest BCUT2D eigenvalue weighted by Gasteiger charge is -2.57. The number of nitrogens with two attached hydrogens (primary N) is 1. The molecule has 6 nitrogen and oxygen atoms in total. The van der Waals surface area contributed by atoms with Crippen molar-refractivity contribution in [2.24, 2.45) is 17.1 Å². The summed E-state index contributed by atoms with van der Waals surface area (Å²) in [6.07, 6.45) is 2.52. The monoisotopic (exact) mass is 364 g/mol. The Kier molecular flexibility index (Phi) is 8.42. The highest BCUT2D eigenvalue weighted by molar-refractivity contribution is 5.88. The Morgan fingerprint density at radius 3 is 2.75 bits per heavy atom. The number of amides is 1. The van der Waals surface area contributed by atoms with E-state index < -0.39 is 5.54 Å². The van der Waals surface area contributed by atoms with Crippen LogP contribution in [0, 0.1) is 11.3 Å². The van der Waals surface area contributed by atoms with Gasteiger partial charge in [-0.15, -0.1) is 12.4 Å². The predicted octanol–water partition coefficient (Wildman–Crippen LogP) is 1.50. The Bertz CT molecular complexity index is 402. The Labute approximate surface area is 151 Å². The fourth-order valence-electron chi connectivity index (χ4n) is 3.32. The highest BCUT2D eigenvalue weighted by Gasteiger charge is 2.62. The first-order valence-corrected chi connectivity index (χ1v) is 8.76. The van der Waals surface area contributed by atoms with Crippen molar-refractivity contribution < 1.29 is 19.0 Å². The average molecular weight is 365 g/mol. The predicted molar refractivity (Wildman–Crippen MR) is 95.4 cm³/mol. The zero-order valence-electron chi connectivity index (χ0n) is 15.1. The van der Waals surface area contributed by atoms with E-state index in [0.29, 0.717) is 32.1 Å². The van der Waals surface area contributed by atoms with Gasteiger partial charge in [0.2, 0.25) is 5.91 Å². The second-order valence-electron chi connectivity index (χ2n) is 7.26. The molecule has 2 fully saturated rings. The first kappa shape index (κ1) is 21.6. The van der Waals surface area contributed by atoms with Crippen LogP contribution in [0.2, 0.25) is 0 Å². The molecule has 3 atom stereocenters. The molecule has 0 radical (unpaired) electrons. The maximum Gasteiger partial charge on any atom is 0.240 e. The molecule has 1 aliphatic heterocycles. The second-order valence-corrected chi connectivity index (χ2v) is 7.26. The minimum absolute atomic E-state index is 0. The normalized spacial score (nSPS) is 31.2. The third kappa shape index (κ3) is 4.61. The van der Waals surface area contributed by atoms with Crippen molar-refractivity contribution in [1.82, 2.24) is 5.32 Å². The fraction of sp³-hybridized carbons (Fsp3) is 0.941. The van der Waals surface area contributed by atoms with E-state index in [-0.39, 0.29) is 29.8 Å². The number of carbonyl (C=O) groups is 1. The zero-order valence-corrected chi connectivity index (χ0v) is 16.0. The summed E-state index contributed by atoms with van der Waals surface area (Å²) >= 11 is 0. The summed E-state index contributed by atoms with van der Waals surface area (Å²) in [6.45, 7) is 10.3. The molecule has 3 N–H and O–H groups in total. The van der Waals surface area contributed by atoms with Crippen LogP contribution in [-0.2, 0) is 19.0 Å². The smallest absolute Gasteiger partial charge is 0.240 e. The van der Waals surface area contributed by atoms with Gasteiger partial charge in [0.25, 0.3) is 0 Å². The standard InChI is InChI=1S/C17H32N2O4.ClH/c1-4-23-14-10-17(18,16(14,2)3)15(20)19-7-5-8-21-11-13-6-9-22-12-13;/h13-14H,4-12,18H2,1-3H3,(H,19,20);1H. The first-order chi connectivity index (χ1) is 10.9. The van der Waals surface area contributed by atoms with Crippen molar-refractivity contribution in [1.29, 1.82) is 0 Å². The lowest BCUT2D eigenvalue weighted by Crippen LogP contribution is -2.75. The molecule has 1 amide bonds. The molecular formula is C17H33ClN2O4. The Morgan fingerprint density at radius 1 is 1.42 bits per heavy atom. The highest BCUT2D eigenvalue weighted by atomic mass is 35.5. The average Bonchev–Trinajstić information content (AvgIpc) is 3.03. The molecule has 7 heteroatoms. The maximum absolute atomic E-state index is 12.4. The van der Waals surface area contributed by atoms with E-state index in [1.807, 2.05) is 20.8 Å². The molecule has 3 unspecified atom stereocenters. The third-order valence-electron chi connectivity index (χ3n) is 5.36. The van der Waals surface area contributed by atoms with Crippen molar-refractivity contribution in [3.8, 4) is 0 Å². The van der Waals surface area contributed by atoms with Gasteiger partial charge in [-0.25, -0.2) is 0 Å². The van der Waals surface area contributed by atoms with Crippen LogP contribution in [0.4, 0.5) is 0 Å². The lowest BCUT2D eigenvalue weighted by molar-refractivity contribution is -0.170. The van der Waals surface area contributed by atoms with Gasteiger partial charge in [-0.3, -0.25) is 4.79 Å². The van der Waals surface area contributed by atoms with E-state index in [2.05, 4.69) is 5.32 Å². The van der Waals surface area contributed by atoms with Gasteiger partial charge in [-0.1, -0.05) is 13.8 Å². The van der Waals surface area contributed by atoms with E-state index in [1.54, 1.807) is 0 Å². The van der Waals surface area contributed by atoms with E-state index in [4.69, 9.17) is 19.9 Å². The highest BCUT2D eigenvalue weighted by Crippen LogP contribution is 2.49. The van der Waals surface area contributed by atoms with Gasteiger partial charge in [0.05, 0.1) is 19.3 Å². The summed E-state index contributed by atoms with van der Waals surface area (Å²) in [5, 5.41) is 2.95. The Morgan fingerprint density at radius 2 is 2.17 bits per heavy atom. The van der Waals surface area contributed by atoms with Gasteiger partial charge >= 0.3 is 0 Å². The molecule has 142 valence electrons. The Balaban J connectivity index is 0.00000288. The number of nitrogens with one attached hydrogen (secondary N) is 1. The van der Waals surface area contributed by atoms with Crippen LogP contribution in [0.15, 0.2) is 0 Å². The number of hydrogen-bond donors (Lipinski definition) is 2. The molecule has 0 aromatic rings. The molecule has 1 aliphatic carbocycles. The molecule has 1 heterocycles. The van der Waals surface area contributed by atoms with Crippen LogP contribution in [0.3, 0.4) is 0 Å². The van der Waals surface area contributed by atoms with Crippen molar-refractivity contribution in [2.45, 2.75) is 51.7 Å².